The number of carbonyl (C=O) groups excluding carboxylic acids is 1. The molecule has 0 aliphatic heterocycles. The van der Waals surface area contributed by atoms with Gasteiger partial charge in [0.2, 0.25) is 0 Å². The van der Waals surface area contributed by atoms with Crippen molar-refractivity contribution in [3.63, 3.8) is 0 Å². The summed E-state index contributed by atoms with van der Waals surface area (Å²) in [5.74, 6) is 1.42. The lowest BCUT2D eigenvalue weighted by Crippen LogP contribution is -2.12. The van der Waals surface area contributed by atoms with E-state index in [0.29, 0.717) is 5.56 Å². The Labute approximate surface area is 151 Å². The molecule has 5 heteroatoms. The van der Waals surface area contributed by atoms with Gasteiger partial charge in [-0.2, -0.15) is 0 Å². The molecular formula is C20H18N2O2S. The van der Waals surface area contributed by atoms with E-state index in [1.807, 2.05) is 60.7 Å². The predicted octanol–water partition coefficient (Wildman–Crippen LogP) is 4.63. The maximum atomic E-state index is 12.6. The van der Waals surface area contributed by atoms with Crippen LogP contribution in [-0.4, -0.2) is 18.0 Å². The third-order valence-electron chi connectivity index (χ3n) is 3.62. The molecule has 0 bridgehead atoms. The Kier molecular flexibility index (Phi) is 5.69. The van der Waals surface area contributed by atoms with Gasteiger partial charge >= 0.3 is 0 Å². The molecule has 0 fully saturated rings. The molecule has 1 heterocycles. The number of aromatic nitrogens is 1. The molecule has 4 nitrogen and oxygen atoms in total. The minimum Gasteiger partial charge on any atom is -0.497 e. The largest absolute Gasteiger partial charge is 0.497 e. The second kappa shape index (κ2) is 8.35. The molecule has 126 valence electrons. The first-order chi connectivity index (χ1) is 12.3. The summed E-state index contributed by atoms with van der Waals surface area (Å²) in [6.45, 7) is 0. The lowest BCUT2D eigenvalue weighted by Gasteiger charge is -2.10. The average molecular weight is 350 g/mol. The Bertz CT molecular complexity index is 836. The van der Waals surface area contributed by atoms with Crippen molar-refractivity contribution in [3.05, 3.63) is 84.2 Å². The molecule has 25 heavy (non-hydrogen) atoms. The number of amides is 1. The number of hydrogen-bond donors (Lipinski definition) is 1. The fourth-order valence-corrected chi connectivity index (χ4v) is 3.30. The molecular weight excluding hydrogens is 332 g/mol. The topological polar surface area (TPSA) is 51.2 Å². The van der Waals surface area contributed by atoms with Gasteiger partial charge in [0.25, 0.3) is 5.91 Å². The van der Waals surface area contributed by atoms with Gasteiger partial charge in [0.1, 0.15) is 5.75 Å². The van der Waals surface area contributed by atoms with Gasteiger partial charge in [0.05, 0.1) is 12.7 Å². The predicted molar refractivity (Wildman–Crippen MR) is 101 cm³/mol. The van der Waals surface area contributed by atoms with Crippen LogP contribution in [0.1, 0.15) is 15.9 Å². The van der Waals surface area contributed by atoms with Crippen molar-refractivity contribution in [1.82, 2.24) is 4.98 Å². The van der Waals surface area contributed by atoms with Crippen molar-refractivity contribution in [2.75, 3.05) is 12.4 Å². The van der Waals surface area contributed by atoms with Crippen LogP contribution in [-0.2, 0) is 5.75 Å². The highest BCUT2D eigenvalue weighted by molar-refractivity contribution is 7.98. The van der Waals surface area contributed by atoms with Gasteiger partial charge < -0.3 is 10.1 Å². The van der Waals surface area contributed by atoms with Gasteiger partial charge in [0, 0.05) is 28.7 Å². The van der Waals surface area contributed by atoms with Crippen LogP contribution in [0.2, 0.25) is 0 Å². The van der Waals surface area contributed by atoms with E-state index < -0.39 is 0 Å². The van der Waals surface area contributed by atoms with E-state index in [-0.39, 0.29) is 5.91 Å². The first-order valence-corrected chi connectivity index (χ1v) is 8.81. The fourth-order valence-electron chi connectivity index (χ4n) is 2.29. The lowest BCUT2D eigenvalue weighted by molar-refractivity contribution is 0.102. The number of anilines is 1. The zero-order chi connectivity index (χ0) is 17.5. The van der Waals surface area contributed by atoms with Crippen LogP contribution in [0, 0.1) is 0 Å². The highest BCUT2D eigenvalue weighted by Gasteiger charge is 2.12. The molecule has 1 N–H and O–H groups in total. The molecule has 0 unspecified atom stereocenters. The number of methoxy groups -OCH3 is 1. The molecule has 1 amide bonds. The number of rotatable bonds is 6. The van der Waals surface area contributed by atoms with Crippen molar-refractivity contribution < 1.29 is 9.53 Å². The molecule has 0 spiro atoms. The van der Waals surface area contributed by atoms with Crippen LogP contribution in [0.3, 0.4) is 0 Å². The minimum absolute atomic E-state index is 0.122. The minimum atomic E-state index is -0.122. The number of nitrogens with zero attached hydrogens (tertiary/aromatic N) is 1. The third-order valence-corrected chi connectivity index (χ3v) is 4.77. The number of ether oxygens (including phenoxy) is 1. The SMILES string of the molecule is COc1ccc(NC(=O)c2ccccc2SCc2ccncc2)cc1. The van der Waals surface area contributed by atoms with E-state index in [0.717, 1.165) is 22.1 Å². The van der Waals surface area contributed by atoms with Crippen molar-refractivity contribution in [3.8, 4) is 5.75 Å². The molecule has 0 radical (unpaired) electrons. The number of carbonyl (C=O) groups is 1. The van der Waals surface area contributed by atoms with E-state index in [1.54, 1.807) is 31.3 Å². The number of thioether (sulfide) groups is 1. The van der Waals surface area contributed by atoms with Crippen LogP contribution < -0.4 is 10.1 Å². The van der Waals surface area contributed by atoms with Crippen LogP contribution in [0.15, 0.2) is 78.0 Å². The monoisotopic (exact) mass is 350 g/mol. The Morgan fingerprint density at radius 1 is 1.04 bits per heavy atom. The standard InChI is InChI=1S/C20H18N2O2S/c1-24-17-8-6-16(7-9-17)22-20(23)18-4-2-3-5-19(18)25-14-15-10-12-21-13-11-15/h2-13H,14H2,1H3,(H,22,23). The smallest absolute Gasteiger partial charge is 0.256 e. The summed E-state index contributed by atoms with van der Waals surface area (Å²) in [6.07, 6.45) is 3.55. The zero-order valence-corrected chi connectivity index (χ0v) is 14.6. The summed E-state index contributed by atoms with van der Waals surface area (Å²) in [5, 5.41) is 2.93. The van der Waals surface area contributed by atoms with Gasteiger partial charge in [-0.1, -0.05) is 12.1 Å². The number of pyridine rings is 1. The number of nitrogens with one attached hydrogen (secondary N) is 1. The molecule has 0 atom stereocenters. The van der Waals surface area contributed by atoms with E-state index in [1.165, 1.54) is 5.56 Å². The second-order valence-electron chi connectivity index (χ2n) is 5.32. The van der Waals surface area contributed by atoms with E-state index in [2.05, 4.69) is 10.3 Å². The summed E-state index contributed by atoms with van der Waals surface area (Å²) >= 11 is 1.64. The molecule has 3 aromatic rings. The molecule has 0 aliphatic rings. The molecule has 2 aromatic carbocycles. The fraction of sp³-hybridized carbons (Fsp3) is 0.100. The van der Waals surface area contributed by atoms with Crippen molar-refractivity contribution >= 4 is 23.4 Å². The van der Waals surface area contributed by atoms with Crippen LogP contribution >= 0.6 is 11.8 Å². The maximum absolute atomic E-state index is 12.6. The van der Waals surface area contributed by atoms with E-state index in [4.69, 9.17) is 4.74 Å². The van der Waals surface area contributed by atoms with Crippen LogP contribution in [0.4, 0.5) is 5.69 Å². The van der Waals surface area contributed by atoms with Gasteiger partial charge in [0.15, 0.2) is 0 Å². The Hall–Kier alpha value is -2.79. The first-order valence-electron chi connectivity index (χ1n) is 7.82. The average Bonchev–Trinajstić information content (AvgIpc) is 2.68. The second-order valence-corrected chi connectivity index (χ2v) is 6.34. The highest BCUT2D eigenvalue weighted by Crippen LogP contribution is 2.27. The maximum Gasteiger partial charge on any atom is 0.256 e. The molecule has 3 rings (SSSR count). The number of benzene rings is 2. The van der Waals surface area contributed by atoms with Crippen molar-refractivity contribution in [2.45, 2.75) is 10.6 Å². The third kappa shape index (κ3) is 4.61. The quantitative estimate of drug-likeness (QED) is 0.658. The Balaban J connectivity index is 1.71. The summed E-state index contributed by atoms with van der Waals surface area (Å²) in [6, 6.07) is 18.9. The first kappa shape index (κ1) is 17.0. The van der Waals surface area contributed by atoms with E-state index >= 15 is 0 Å². The molecule has 1 aromatic heterocycles. The van der Waals surface area contributed by atoms with Crippen LogP contribution in [0.5, 0.6) is 5.75 Å². The molecule has 0 saturated carbocycles. The Morgan fingerprint density at radius 3 is 2.48 bits per heavy atom. The van der Waals surface area contributed by atoms with E-state index in [9.17, 15) is 4.79 Å². The molecule has 0 aliphatic carbocycles. The van der Waals surface area contributed by atoms with Gasteiger partial charge in [-0.05, 0) is 54.1 Å². The van der Waals surface area contributed by atoms with Crippen molar-refractivity contribution in [1.29, 1.82) is 0 Å². The normalized spacial score (nSPS) is 10.3. The Morgan fingerprint density at radius 2 is 1.76 bits per heavy atom. The van der Waals surface area contributed by atoms with Gasteiger partial charge in [-0.15, -0.1) is 11.8 Å². The highest BCUT2D eigenvalue weighted by atomic mass is 32.2. The summed E-state index contributed by atoms with van der Waals surface area (Å²) in [5.41, 5.74) is 2.57. The van der Waals surface area contributed by atoms with Gasteiger partial charge in [-0.3, -0.25) is 9.78 Å². The van der Waals surface area contributed by atoms with Crippen LogP contribution in [0.25, 0.3) is 0 Å². The zero-order valence-electron chi connectivity index (χ0n) is 13.8. The number of hydrogen-bond acceptors (Lipinski definition) is 4. The molecule has 0 saturated heterocycles. The summed E-state index contributed by atoms with van der Waals surface area (Å²) < 4.78 is 5.13. The summed E-state index contributed by atoms with van der Waals surface area (Å²) in [7, 11) is 1.61. The van der Waals surface area contributed by atoms with Crippen molar-refractivity contribution in [2.24, 2.45) is 0 Å². The van der Waals surface area contributed by atoms with Gasteiger partial charge in [-0.25, -0.2) is 0 Å². The summed E-state index contributed by atoms with van der Waals surface area (Å²) in [4.78, 5) is 17.6. The lowest BCUT2D eigenvalue weighted by atomic mass is 10.2.